The van der Waals surface area contributed by atoms with Gasteiger partial charge in [-0.05, 0) is 37.0 Å². The Hall–Kier alpha value is -2.88. The van der Waals surface area contributed by atoms with Crippen LogP contribution in [0.2, 0.25) is 0 Å². The molecule has 4 rings (SSSR count). The molecule has 0 N–H and O–H groups in total. The van der Waals surface area contributed by atoms with Crippen LogP contribution in [-0.2, 0) is 17.7 Å². The van der Waals surface area contributed by atoms with E-state index in [2.05, 4.69) is 42.7 Å². The number of fused-ring (bicyclic) bond motifs is 3. The number of hydrogen-bond acceptors (Lipinski definition) is 3. The number of carbonyl (C=O) groups is 2. The molecule has 0 fully saturated rings. The highest BCUT2D eigenvalue weighted by Crippen LogP contribution is 2.36. The van der Waals surface area contributed by atoms with Gasteiger partial charge in [-0.15, -0.1) is 0 Å². The minimum absolute atomic E-state index is 0.119. The lowest BCUT2D eigenvalue weighted by atomic mass is 9.86. The predicted octanol–water partition coefficient (Wildman–Crippen LogP) is 4.55. The third-order valence-electron chi connectivity index (χ3n) is 5.38. The fraction of sp³-hybridized carbons (Fsp3) is 0.304. The predicted molar refractivity (Wildman–Crippen MR) is 105 cm³/mol. The number of methoxy groups -OCH3 is 1. The maximum absolute atomic E-state index is 12.9. The van der Waals surface area contributed by atoms with Gasteiger partial charge in [0.15, 0.2) is 5.78 Å². The smallest absolute Gasteiger partial charge is 0.338 e. The molecular weight excluding hydrogens is 338 g/mol. The molecule has 1 heterocycles. The summed E-state index contributed by atoms with van der Waals surface area (Å²) >= 11 is 0. The first-order chi connectivity index (χ1) is 13.0. The van der Waals surface area contributed by atoms with Gasteiger partial charge in [0.05, 0.1) is 18.2 Å². The highest BCUT2D eigenvalue weighted by molar-refractivity contribution is 6.16. The molecule has 4 heteroatoms. The SMILES string of the molecule is COC(=O)c1cccc2c1c1c(n2Cc2cccc(C)c2)CC(C)CC1=O. The van der Waals surface area contributed by atoms with Gasteiger partial charge in [0.1, 0.15) is 0 Å². The zero-order valence-electron chi connectivity index (χ0n) is 15.9. The number of aromatic nitrogens is 1. The van der Waals surface area contributed by atoms with Gasteiger partial charge in [-0.3, -0.25) is 4.79 Å². The fourth-order valence-corrected chi connectivity index (χ4v) is 4.24. The zero-order valence-corrected chi connectivity index (χ0v) is 15.9. The van der Waals surface area contributed by atoms with E-state index < -0.39 is 5.97 Å². The van der Waals surface area contributed by atoms with Crippen molar-refractivity contribution >= 4 is 22.7 Å². The third-order valence-corrected chi connectivity index (χ3v) is 5.38. The number of carbonyl (C=O) groups excluding carboxylic acids is 2. The largest absolute Gasteiger partial charge is 0.465 e. The lowest BCUT2D eigenvalue weighted by Crippen LogP contribution is -2.20. The Labute approximate surface area is 158 Å². The van der Waals surface area contributed by atoms with Crippen molar-refractivity contribution in [3.63, 3.8) is 0 Å². The number of Topliss-reactive ketones (excluding diaryl/α,β-unsaturated/α-hetero) is 1. The number of nitrogens with zero attached hydrogens (tertiary/aromatic N) is 1. The van der Waals surface area contributed by atoms with E-state index in [0.29, 0.717) is 30.0 Å². The van der Waals surface area contributed by atoms with Gasteiger partial charge in [-0.25, -0.2) is 4.79 Å². The molecule has 2 aromatic carbocycles. The maximum atomic E-state index is 12.9. The minimum Gasteiger partial charge on any atom is -0.465 e. The topological polar surface area (TPSA) is 48.3 Å². The molecule has 1 aromatic heterocycles. The Kier molecular flexibility index (Phi) is 4.34. The van der Waals surface area contributed by atoms with Gasteiger partial charge < -0.3 is 9.30 Å². The molecule has 1 atom stereocenters. The van der Waals surface area contributed by atoms with Crippen molar-refractivity contribution in [3.8, 4) is 0 Å². The van der Waals surface area contributed by atoms with Gasteiger partial charge in [-0.1, -0.05) is 42.8 Å². The van der Waals surface area contributed by atoms with Gasteiger partial charge in [0, 0.05) is 29.6 Å². The average Bonchev–Trinajstić information content (AvgIpc) is 2.95. The summed E-state index contributed by atoms with van der Waals surface area (Å²) in [5.41, 5.74) is 5.52. The van der Waals surface area contributed by atoms with Crippen LogP contribution >= 0.6 is 0 Å². The van der Waals surface area contributed by atoms with E-state index in [9.17, 15) is 9.59 Å². The Morgan fingerprint density at radius 3 is 2.70 bits per heavy atom. The summed E-state index contributed by atoms with van der Waals surface area (Å²) in [6.07, 6.45) is 1.36. The number of ketones is 1. The van der Waals surface area contributed by atoms with Crippen molar-refractivity contribution in [1.29, 1.82) is 0 Å². The summed E-state index contributed by atoms with van der Waals surface area (Å²) in [7, 11) is 1.38. The molecule has 27 heavy (non-hydrogen) atoms. The Bertz CT molecular complexity index is 1060. The van der Waals surface area contributed by atoms with Crippen LogP contribution in [0.4, 0.5) is 0 Å². The van der Waals surface area contributed by atoms with Crippen molar-refractivity contribution in [1.82, 2.24) is 4.57 Å². The van der Waals surface area contributed by atoms with Crippen molar-refractivity contribution in [2.75, 3.05) is 7.11 Å². The van der Waals surface area contributed by atoms with E-state index in [-0.39, 0.29) is 5.78 Å². The number of rotatable bonds is 3. The first-order valence-electron chi connectivity index (χ1n) is 9.30. The molecule has 0 saturated heterocycles. The minimum atomic E-state index is -0.400. The Balaban J connectivity index is 1.99. The number of benzene rings is 2. The summed E-state index contributed by atoms with van der Waals surface area (Å²) < 4.78 is 7.18. The monoisotopic (exact) mass is 361 g/mol. The Morgan fingerprint density at radius 2 is 1.96 bits per heavy atom. The first kappa shape index (κ1) is 17.5. The summed E-state index contributed by atoms with van der Waals surface area (Å²) in [5.74, 6) is 0.0165. The summed E-state index contributed by atoms with van der Waals surface area (Å²) in [4.78, 5) is 25.3. The molecule has 3 aromatic rings. The highest BCUT2D eigenvalue weighted by atomic mass is 16.5. The van der Waals surface area contributed by atoms with Gasteiger partial charge in [-0.2, -0.15) is 0 Å². The van der Waals surface area contributed by atoms with Crippen LogP contribution in [0.25, 0.3) is 10.9 Å². The average molecular weight is 361 g/mol. The number of aryl methyl sites for hydroxylation is 1. The second kappa shape index (κ2) is 6.69. The number of hydrogen-bond donors (Lipinski definition) is 0. The van der Waals surface area contributed by atoms with Crippen LogP contribution in [0.1, 0.15) is 50.9 Å². The molecular formula is C23H23NO3. The zero-order chi connectivity index (χ0) is 19.1. The van der Waals surface area contributed by atoms with Crippen LogP contribution in [-0.4, -0.2) is 23.4 Å². The first-order valence-corrected chi connectivity index (χ1v) is 9.30. The molecule has 0 bridgehead atoms. The molecule has 0 aliphatic heterocycles. The maximum Gasteiger partial charge on any atom is 0.338 e. The Morgan fingerprint density at radius 1 is 1.19 bits per heavy atom. The lowest BCUT2D eigenvalue weighted by Gasteiger charge is -2.20. The molecule has 0 spiro atoms. The molecule has 0 radical (unpaired) electrons. The van der Waals surface area contributed by atoms with E-state index in [0.717, 1.165) is 23.0 Å². The van der Waals surface area contributed by atoms with Crippen LogP contribution in [0.3, 0.4) is 0 Å². The molecule has 4 nitrogen and oxygen atoms in total. The normalized spacial score (nSPS) is 16.4. The third kappa shape index (κ3) is 2.95. The van der Waals surface area contributed by atoms with Crippen LogP contribution in [0.15, 0.2) is 42.5 Å². The molecule has 138 valence electrons. The van der Waals surface area contributed by atoms with E-state index in [1.54, 1.807) is 6.07 Å². The lowest BCUT2D eigenvalue weighted by molar-refractivity contribution is 0.0603. The summed E-state index contributed by atoms with van der Waals surface area (Å²) in [6, 6.07) is 14.0. The molecule has 0 saturated carbocycles. The van der Waals surface area contributed by atoms with E-state index in [1.807, 2.05) is 12.1 Å². The highest BCUT2D eigenvalue weighted by Gasteiger charge is 2.31. The van der Waals surface area contributed by atoms with Crippen molar-refractivity contribution < 1.29 is 14.3 Å². The van der Waals surface area contributed by atoms with Crippen LogP contribution in [0.5, 0.6) is 0 Å². The number of esters is 1. The standard InChI is InChI=1S/C23H23NO3/c1-14-6-4-7-16(10-14)13-24-18-9-5-8-17(23(26)27-3)21(18)22-19(24)11-15(2)12-20(22)25/h4-10,15H,11-13H2,1-3H3. The van der Waals surface area contributed by atoms with Crippen LogP contribution in [0, 0.1) is 12.8 Å². The molecule has 1 aliphatic carbocycles. The quantitative estimate of drug-likeness (QED) is 0.643. The number of ether oxygens (including phenoxy) is 1. The van der Waals surface area contributed by atoms with Crippen molar-refractivity contribution in [3.05, 3.63) is 70.4 Å². The summed E-state index contributed by atoms with van der Waals surface area (Å²) in [5, 5.41) is 0.740. The second-order valence-corrected chi connectivity index (χ2v) is 7.52. The summed E-state index contributed by atoms with van der Waals surface area (Å²) in [6.45, 7) is 4.86. The van der Waals surface area contributed by atoms with E-state index >= 15 is 0 Å². The fourth-order valence-electron chi connectivity index (χ4n) is 4.24. The molecule has 0 amide bonds. The van der Waals surface area contributed by atoms with Crippen molar-refractivity contribution in [2.45, 2.75) is 33.2 Å². The second-order valence-electron chi connectivity index (χ2n) is 7.52. The van der Waals surface area contributed by atoms with Gasteiger partial charge in [0.2, 0.25) is 0 Å². The van der Waals surface area contributed by atoms with E-state index in [1.165, 1.54) is 18.2 Å². The van der Waals surface area contributed by atoms with Crippen molar-refractivity contribution in [2.24, 2.45) is 5.92 Å². The van der Waals surface area contributed by atoms with Crippen LogP contribution < -0.4 is 0 Å². The molecule has 1 unspecified atom stereocenters. The molecule has 1 aliphatic rings. The van der Waals surface area contributed by atoms with E-state index in [4.69, 9.17) is 4.74 Å². The van der Waals surface area contributed by atoms with Gasteiger partial charge in [0.25, 0.3) is 0 Å². The van der Waals surface area contributed by atoms with Gasteiger partial charge >= 0.3 is 5.97 Å².